The van der Waals surface area contributed by atoms with Crippen molar-refractivity contribution < 1.29 is 9.53 Å². The van der Waals surface area contributed by atoms with E-state index in [4.69, 9.17) is 33.7 Å². The van der Waals surface area contributed by atoms with Crippen molar-refractivity contribution >= 4 is 41.6 Å². The fraction of sp³-hybridized carbons (Fsp3) is 0.417. The predicted octanol–water partition coefficient (Wildman–Crippen LogP) is 3.15. The summed E-state index contributed by atoms with van der Waals surface area (Å²) in [6, 6.07) is 3.42. The first-order valence-electron chi connectivity index (χ1n) is 5.34. The monoisotopic (exact) mass is 309 g/mol. The van der Waals surface area contributed by atoms with E-state index >= 15 is 0 Å². The highest BCUT2D eigenvalue weighted by Crippen LogP contribution is 2.39. The van der Waals surface area contributed by atoms with Gasteiger partial charge in [-0.3, -0.25) is 4.79 Å². The van der Waals surface area contributed by atoms with Crippen molar-refractivity contribution in [2.45, 2.75) is 18.9 Å². The Hall–Kier alpha value is -0.480. The zero-order chi connectivity index (χ0) is 12.6. The standard InChI is InChI=1S/C12H13Cl2NO2.ClH/c1-17-12(16)6-4-8-7(10(15)5-6)2-3-9(13)11(8)14;/h2-3,6,10H,4-5,15H2,1H3;1H/t6-,10-;/m0./s1. The fourth-order valence-electron chi connectivity index (χ4n) is 2.27. The third-order valence-electron chi connectivity index (χ3n) is 3.16. The second-order valence-electron chi connectivity index (χ2n) is 4.20. The van der Waals surface area contributed by atoms with Gasteiger partial charge in [0.1, 0.15) is 0 Å². The molecule has 1 aliphatic carbocycles. The van der Waals surface area contributed by atoms with E-state index in [1.54, 1.807) is 6.07 Å². The summed E-state index contributed by atoms with van der Waals surface area (Å²) in [6.07, 6.45) is 1.12. The summed E-state index contributed by atoms with van der Waals surface area (Å²) >= 11 is 12.1. The summed E-state index contributed by atoms with van der Waals surface area (Å²) < 4.78 is 4.75. The minimum Gasteiger partial charge on any atom is -0.469 e. The van der Waals surface area contributed by atoms with Gasteiger partial charge in [0.05, 0.1) is 23.1 Å². The Morgan fingerprint density at radius 1 is 1.44 bits per heavy atom. The van der Waals surface area contributed by atoms with E-state index in [9.17, 15) is 4.79 Å². The average molecular weight is 311 g/mol. The maximum atomic E-state index is 11.6. The predicted molar refractivity (Wildman–Crippen MR) is 74.5 cm³/mol. The largest absolute Gasteiger partial charge is 0.469 e. The van der Waals surface area contributed by atoms with Crippen molar-refractivity contribution in [3.63, 3.8) is 0 Å². The third-order valence-corrected chi connectivity index (χ3v) is 4.00. The highest BCUT2D eigenvalue weighted by molar-refractivity contribution is 6.42. The van der Waals surface area contributed by atoms with Crippen LogP contribution >= 0.6 is 35.6 Å². The summed E-state index contributed by atoms with van der Waals surface area (Å²) in [5.41, 5.74) is 7.88. The van der Waals surface area contributed by atoms with Crippen LogP contribution in [0, 0.1) is 5.92 Å². The van der Waals surface area contributed by atoms with Crippen LogP contribution in [0.25, 0.3) is 0 Å². The van der Waals surface area contributed by atoms with Gasteiger partial charge < -0.3 is 10.5 Å². The molecule has 18 heavy (non-hydrogen) atoms. The van der Waals surface area contributed by atoms with Crippen LogP contribution in [0.2, 0.25) is 10.0 Å². The number of carbonyl (C=O) groups is 1. The van der Waals surface area contributed by atoms with E-state index in [0.29, 0.717) is 22.9 Å². The molecule has 0 heterocycles. The van der Waals surface area contributed by atoms with E-state index in [2.05, 4.69) is 0 Å². The first-order valence-corrected chi connectivity index (χ1v) is 6.10. The molecule has 0 bridgehead atoms. The van der Waals surface area contributed by atoms with Crippen LogP contribution in [-0.2, 0) is 16.0 Å². The molecule has 1 aliphatic rings. The Kier molecular flexibility index (Phi) is 5.29. The normalized spacial score (nSPS) is 21.8. The maximum absolute atomic E-state index is 11.6. The third kappa shape index (κ3) is 2.75. The first-order chi connectivity index (χ1) is 8.04. The van der Waals surface area contributed by atoms with Crippen LogP contribution in [0.1, 0.15) is 23.6 Å². The minimum absolute atomic E-state index is 0. The molecule has 0 spiro atoms. The summed E-state index contributed by atoms with van der Waals surface area (Å²) in [5.74, 6) is -0.486. The van der Waals surface area contributed by atoms with Crippen LogP contribution in [0.3, 0.4) is 0 Å². The van der Waals surface area contributed by atoms with Crippen LogP contribution in [0.4, 0.5) is 0 Å². The number of rotatable bonds is 1. The Morgan fingerprint density at radius 3 is 2.72 bits per heavy atom. The lowest BCUT2D eigenvalue weighted by Crippen LogP contribution is -2.30. The van der Waals surface area contributed by atoms with Crippen LogP contribution in [0.15, 0.2) is 12.1 Å². The van der Waals surface area contributed by atoms with Crippen molar-refractivity contribution in [2.75, 3.05) is 7.11 Å². The number of halogens is 3. The minimum atomic E-state index is -0.248. The Bertz CT molecular complexity index is 465. The van der Waals surface area contributed by atoms with Gasteiger partial charge in [0.2, 0.25) is 0 Å². The smallest absolute Gasteiger partial charge is 0.309 e. The second kappa shape index (κ2) is 6.11. The molecule has 0 aromatic heterocycles. The number of nitrogens with two attached hydrogens (primary N) is 1. The molecule has 2 N–H and O–H groups in total. The molecule has 0 radical (unpaired) electrons. The van der Waals surface area contributed by atoms with Crippen LogP contribution < -0.4 is 5.73 Å². The number of esters is 1. The zero-order valence-electron chi connectivity index (χ0n) is 9.78. The van der Waals surface area contributed by atoms with Gasteiger partial charge >= 0.3 is 5.97 Å². The lowest BCUT2D eigenvalue weighted by atomic mass is 9.81. The number of methoxy groups -OCH3 is 1. The van der Waals surface area contributed by atoms with E-state index in [-0.39, 0.29) is 30.3 Å². The summed E-state index contributed by atoms with van der Waals surface area (Å²) in [4.78, 5) is 11.6. The van der Waals surface area contributed by atoms with Gasteiger partial charge in [0.25, 0.3) is 0 Å². The van der Waals surface area contributed by atoms with E-state index in [1.165, 1.54) is 7.11 Å². The summed E-state index contributed by atoms with van der Waals surface area (Å²) in [7, 11) is 1.38. The lowest BCUT2D eigenvalue weighted by molar-refractivity contribution is -0.146. The molecule has 0 fully saturated rings. The molecule has 100 valence electrons. The topological polar surface area (TPSA) is 52.3 Å². The zero-order valence-corrected chi connectivity index (χ0v) is 12.1. The lowest BCUT2D eigenvalue weighted by Gasteiger charge is -2.28. The molecule has 6 heteroatoms. The Morgan fingerprint density at radius 2 is 2.11 bits per heavy atom. The van der Waals surface area contributed by atoms with E-state index in [1.807, 2.05) is 6.07 Å². The second-order valence-corrected chi connectivity index (χ2v) is 4.98. The average Bonchev–Trinajstić information content (AvgIpc) is 2.33. The number of carbonyl (C=O) groups excluding carboxylic acids is 1. The number of hydrogen-bond donors (Lipinski definition) is 1. The van der Waals surface area contributed by atoms with Crippen molar-refractivity contribution in [2.24, 2.45) is 11.7 Å². The summed E-state index contributed by atoms with van der Waals surface area (Å²) in [5, 5.41) is 0.983. The fourth-order valence-corrected chi connectivity index (χ4v) is 2.70. The Labute approximate surface area is 122 Å². The molecule has 0 amide bonds. The Balaban J connectivity index is 0.00000162. The highest BCUT2D eigenvalue weighted by Gasteiger charge is 2.31. The van der Waals surface area contributed by atoms with Crippen molar-refractivity contribution in [3.05, 3.63) is 33.3 Å². The van der Waals surface area contributed by atoms with Gasteiger partial charge in [0.15, 0.2) is 0 Å². The molecule has 2 atom stereocenters. The number of ether oxygens (including phenoxy) is 1. The van der Waals surface area contributed by atoms with Gasteiger partial charge in [-0.25, -0.2) is 0 Å². The van der Waals surface area contributed by atoms with Crippen LogP contribution in [-0.4, -0.2) is 13.1 Å². The molecular formula is C12H14Cl3NO2. The molecule has 1 aromatic rings. The maximum Gasteiger partial charge on any atom is 0.309 e. The molecule has 0 aliphatic heterocycles. The van der Waals surface area contributed by atoms with Gasteiger partial charge in [-0.2, -0.15) is 0 Å². The van der Waals surface area contributed by atoms with Crippen molar-refractivity contribution in [1.82, 2.24) is 0 Å². The van der Waals surface area contributed by atoms with Crippen LogP contribution in [0.5, 0.6) is 0 Å². The first kappa shape index (κ1) is 15.6. The van der Waals surface area contributed by atoms with E-state index in [0.717, 1.165) is 11.1 Å². The number of hydrogen-bond acceptors (Lipinski definition) is 3. The molecule has 2 rings (SSSR count). The van der Waals surface area contributed by atoms with Crippen molar-refractivity contribution in [1.29, 1.82) is 0 Å². The highest BCUT2D eigenvalue weighted by atomic mass is 35.5. The van der Waals surface area contributed by atoms with Gasteiger partial charge in [-0.15, -0.1) is 12.4 Å². The molecule has 0 unspecified atom stereocenters. The summed E-state index contributed by atoms with van der Waals surface area (Å²) in [6.45, 7) is 0. The molecule has 3 nitrogen and oxygen atoms in total. The molecule has 0 saturated heterocycles. The quantitative estimate of drug-likeness (QED) is 0.811. The molecule has 0 saturated carbocycles. The molecular weight excluding hydrogens is 296 g/mol. The van der Waals surface area contributed by atoms with Gasteiger partial charge in [-0.1, -0.05) is 29.3 Å². The number of fused-ring (bicyclic) bond motifs is 1. The van der Waals surface area contributed by atoms with Gasteiger partial charge in [0, 0.05) is 6.04 Å². The van der Waals surface area contributed by atoms with Gasteiger partial charge in [-0.05, 0) is 30.0 Å². The SMILES string of the molecule is COC(=O)[C@H]1Cc2c(ccc(Cl)c2Cl)[C@@H](N)C1.Cl. The number of benzene rings is 1. The van der Waals surface area contributed by atoms with E-state index < -0.39 is 0 Å². The molecule has 1 aromatic carbocycles. The van der Waals surface area contributed by atoms with Crippen molar-refractivity contribution in [3.8, 4) is 0 Å².